The van der Waals surface area contributed by atoms with Crippen LogP contribution in [-0.4, -0.2) is 27.9 Å². The van der Waals surface area contributed by atoms with E-state index in [-0.39, 0.29) is 0 Å². The number of ether oxygens (including phenoxy) is 4. The van der Waals surface area contributed by atoms with E-state index in [2.05, 4.69) is 58.5 Å². The molecule has 5 nitrogen and oxygen atoms in total. The van der Waals surface area contributed by atoms with Crippen molar-refractivity contribution in [2.24, 2.45) is 0 Å². The number of aryl methyl sites for hydroxylation is 1. The minimum absolute atomic E-state index is 0.492. The Morgan fingerprint density at radius 2 is 1.41 bits per heavy atom. The van der Waals surface area contributed by atoms with Gasteiger partial charge in [-0.2, -0.15) is 0 Å². The summed E-state index contributed by atoms with van der Waals surface area (Å²) in [6, 6.07) is 18.3. The first-order chi connectivity index (χ1) is 15.5. The summed E-state index contributed by atoms with van der Waals surface area (Å²) < 4.78 is 23.3. The molecule has 0 radical (unpaired) electrons. The number of hydrogen-bond acceptors (Lipinski definition) is 5. The van der Waals surface area contributed by atoms with E-state index < -0.39 is 0 Å². The lowest BCUT2D eigenvalue weighted by Crippen LogP contribution is -2.17. The summed E-state index contributed by atoms with van der Waals surface area (Å²) in [4.78, 5) is 0. The highest BCUT2D eigenvalue weighted by atomic mass is 79.9. The molecule has 0 spiro atoms. The normalized spacial score (nSPS) is 10.7. The Kier molecular flexibility index (Phi) is 8.82. The zero-order chi connectivity index (χ0) is 22.9. The first-order valence-electron chi connectivity index (χ1n) is 10.5. The van der Waals surface area contributed by atoms with E-state index in [9.17, 15) is 0 Å². The van der Waals surface area contributed by atoms with E-state index in [0.29, 0.717) is 18.9 Å². The molecule has 170 valence electrons. The zero-order valence-electron chi connectivity index (χ0n) is 19.0. The first-order valence-corrected chi connectivity index (χ1v) is 11.3. The van der Waals surface area contributed by atoms with E-state index >= 15 is 0 Å². The van der Waals surface area contributed by atoms with Gasteiger partial charge in [-0.25, -0.2) is 0 Å². The monoisotopic (exact) mass is 499 g/mol. The predicted octanol–water partition coefficient (Wildman–Crippen LogP) is 5.69. The fourth-order valence-electron chi connectivity index (χ4n) is 3.32. The molecule has 0 fully saturated rings. The van der Waals surface area contributed by atoms with Crippen LogP contribution in [0, 0.1) is 6.92 Å². The molecule has 3 aromatic rings. The second kappa shape index (κ2) is 11.8. The van der Waals surface area contributed by atoms with E-state index in [1.54, 1.807) is 21.3 Å². The van der Waals surface area contributed by atoms with Crippen LogP contribution in [0.1, 0.15) is 22.3 Å². The Hall–Kier alpha value is -2.70. The molecule has 32 heavy (non-hydrogen) atoms. The second-order valence-corrected chi connectivity index (χ2v) is 8.34. The maximum Gasteiger partial charge on any atom is 0.162 e. The molecule has 0 saturated heterocycles. The van der Waals surface area contributed by atoms with Crippen molar-refractivity contribution < 1.29 is 18.9 Å². The van der Waals surface area contributed by atoms with Gasteiger partial charge < -0.3 is 24.3 Å². The van der Waals surface area contributed by atoms with Gasteiger partial charge in [-0.1, -0.05) is 51.8 Å². The maximum atomic E-state index is 6.02. The summed E-state index contributed by atoms with van der Waals surface area (Å²) in [6.45, 7) is 4.11. The predicted molar refractivity (Wildman–Crippen MR) is 131 cm³/mol. The first kappa shape index (κ1) is 24.0. The highest BCUT2D eigenvalue weighted by Gasteiger charge is 2.11. The largest absolute Gasteiger partial charge is 0.493 e. The van der Waals surface area contributed by atoms with Crippen LogP contribution in [0.4, 0.5) is 0 Å². The lowest BCUT2D eigenvalue weighted by Gasteiger charge is -2.15. The second-order valence-electron chi connectivity index (χ2n) is 7.48. The van der Waals surface area contributed by atoms with Crippen molar-refractivity contribution >= 4 is 15.9 Å². The fourth-order valence-corrected chi connectivity index (χ4v) is 3.78. The van der Waals surface area contributed by atoms with E-state index in [4.69, 9.17) is 18.9 Å². The van der Waals surface area contributed by atoms with Gasteiger partial charge in [0, 0.05) is 11.0 Å². The molecule has 0 bridgehead atoms. The molecular weight excluding hydrogens is 470 g/mol. The quantitative estimate of drug-likeness (QED) is 0.343. The molecule has 3 rings (SSSR count). The van der Waals surface area contributed by atoms with Gasteiger partial charge in [0.25, 0.3) is 0 Å². The molecule has 0 aliphatic carbocycles. The van der Waals surface area contributed by atoms with Gasteiger partial charge in [-0.15, -0.1) is 0 Å². The molecule has 0 unspecified atom stereocenters. The van der Waals surface area contributed by atoms with Crippen molar-refractivity contribution in [3.05, 3.63) is 81.3 Å². The van der Waals surface area contributed by atoms with Gasteiger partial charge in [0.05, 0.1) is 21.3 Å². The molecule has 6 heteroatoms. The van der Waals surface area contributed by atoms with Crippen molar-refractivity contribution in [1.82, 2.24) is 5.32 Å². The molecule has 0 aliphatic heterocycles. The molecule has 0 aliphatic rings. The van der Waals surface area contributed by atoms with E-state index in [1.165, 1.54) is 11.1 Å². The van der Waals surface area contributed by atoms with Gasteiger partial charge in [-0.3, -0.25) is 0 Å². The van der Waals surface area contributed by atoms with Crippen LogP contribution >= 0.6 is 15.9 Å². The molecule has 0 saturated carbocycles. The summed E-state index contributed by atoms with van der Waals surface area (Å²) >= 11 is 3.67. The molecule has 0 aromatic heterocycles. The van der Waals surface area contributed by atoms with Crippen molar-refractivity contribution in [2.45, 2.75) is 26.5 Å². The number of nitrogens with one attached hydrogen (secondary N) is 1. The standard InChI is InChI=1S/C26H30BrNO4/c1-18-5-7-20(8-6-18)17-32-26-15-22(27)21(14-25(26)31-4)16-28-12-11-19-9-10-23(29-2)24(13-19)30-3/h5-10,13-15,28H,11-12,16-17H2,1-4H3. The van der Waals surface area contributed by atoms with Crippen LogP contribution in [0.3, 0.4) is 0 Å². The van der Waals surface area contributed by atoms with Crippen molar-refractivity contribution in [2.75, 3.05) is 27.9 Å². The van der Waals surface area contributed by atoms with Gasteiger partial charge in [-0.05, 0) is 60.8 Å². The highest BCUT2D eigenvalue weighted by molar-refractivity contribution is 9.10. The zero-order valence-corrected chi connectivity index (χ0v) is 20.6. The van der Waals surface area contributed by atoms with Crippen molar-refractivity contribution in [3.8, 4) is 23.0 Å². The van der Waals surface area contributed by atoms with Gasteiger partial charge in [0.15, 0.2) is 23.0 Å². The fraction of sp³-hybridized carbons (Fsp3) is 0.308. The summed E-state index contributed by atoms with van der Waals surface area (Å²) in [6.07, 6.45) is 0.882. The summed E-state index contributed by atoms with van der Waals surface area (Å²) in [5.74, 6) is 2.93. The van der Waals surface area contributed by atoms with Crippen LogP contribution < -0.4 is 24.3 Å². The molecule has 0 atom stereocenters. The third-order valence-electron chi connectivity index (χ3n) is 5.20. The number of benzene rings is 3. The lowest BCUT2D eigenvalue weighted by atomic mass is 10.1. The van der Waals surface area contributed by atoms with E-state index in [0.717, 1.165) is 45.8 Å². The minimum atomic E-state index is 0.492. The Morgan fingerprint density at radius 3 is 2.09 bits per heavy atom. The molecule has 0 heterocycles. The van der Waals surface area contributed by atoms with Crippen molar-refractivity contribution in [3.63, 3.8) is 0 Å². The smallest absolute Gasteiger partial charge is 0.162 e. The topological polar surface area (TPSA) is 49.0 Å². The Labute approximate surface area is 198 Å². The number of hydrogen-bond donors (Lipinski definition) is 1. The van der Waals surface area contributed by atoms with Crippen LogP contribution in [0.25, 0.3) is 0 Å². The van der Waals surface area contributed by atoms with Gasteiger partial charge in [0.2, 0.25) is 0 Å². The number of methoxy groups -OCH3 is 3. The SMILES string of the molecule is COc1ccc(CCNCc2cc(OC)c(OCc3ccc(C)cc3)cc2Br)cc1OC. The Bertz CT molecular complexity index is 1020. The molecule has 1 N–H and O–H groups in total. The minimum Gasteiger partial charge on any atom is -0.493 e. The maximum absolute atomic E-state index is 6.02. The highest BCUT2D eigenvalue weighted by Crippen LogP contribution is 2.34. The third-order valence-corrected chi connectivity index (χ3v) is 5.94. The Balaban J connectivity index is 1.57. The van der Waals surface area contributed by atoms with Crippen LogP contribution in [0.5, 0.6) is 23.0 Å². The molecular formula is C26H30BrNO4. The summed E-state index contributed by atoms with van der Waals surface area (Å²) in [7, 11) is 4.96. The van der Waals surface area contributed by atoms with Gasteiger partial charge >= 0.3 is 0 Å². The van der Waals surface area contributed by atoms with Crippen molar-refractivity contribution in [1.29, 1.82) is 0 Å². The van der Waals surface area contributed by atoms with Crippen LogP contribution in [-0.2, 0) is 19.6 Å². The van der Waals surface area contributed by atoms with Gasteiger partial charge in [0.1, 0.15) is 6.61 Å². The summed E-state index contributed by atoms with van der Waals surface area (Å²) in [5.41, 5.74) is 4.65. The number of halogens is 1. The Morgan fingerprint density at radius 1 is 0.750 bits per heavy atom. The van der Waals surface area contributed by atoms with Crippen LogP contribution in [0.2, 0.25) is 0 Å². The van der Waals surface area contributed by atoms with E-state index in [1.807, 2.05) is 24.3 Å². The average Bonchev–Trinajstić information content (AvgIpc) is 2.82. The third kappa shape index (κ3) is 6.40. The lowest BCUT2D eigenvalue weighted by molar-refractivity contribution is 0.284. The average molecular weight is 500 g/mol. The number of rotatable bonds is 11. The molecule has 3 aromatic carbocycles. The van der Waals surface area contributed by atoms with Crippen LogP contribution in [0.15, 0.2) is 59.1 Å². The summed E-state index contributed by atoms with van der Waals surface area (Å²) in [5, 5.41) is 3.49. The molecule has 0 amide bonds.